The van der Waals surface area contributed by atoms with E-state index in [9.17, 15) is 4.79 Å². The summed E-state index contributed by atoms with van der Waals surface area (Å²) in [5, 5.41) is 0.934. The van der Waals surface area contributed by atoms with E-state index in [1.807, 2.05) is 31.2 Å². The maximum atomic E-state index is 12.0. The van der Waals surface area contributed by atoms with Gasteiger partial charge in [-0.1, -0.05) is 36.9 Å². The third-order valence-corrected chi connectivity index (χ3v) is 4.27. The molecule has 1 amide bonds. The summed E-state index contributed by atoms with van der Waals surface area (Å²) in [4.78, 5) is 18.4. The average Bonchev–Trinajstić information content (AvgIpc) is 2.63. The molecule has 0 N–H and O–H groups in total. The zero-order valence-electron chi connectivity index (χ0n) is 9.01. The number of rotatable bonds is 1. The summed E-state index contributed by atoms with van der Waals surface area (Å²) in [5.74, 6) is 0.209. The fourth-order valence-corrected chi connectivity index (χ4v) is 3.11. The predicted molar refractivity (Wildman–Crippen MR) is 65.8 cm³/mol. The highest BCUT2D eigenvalue weighted by Gasteiger charge is 2.38. The van der Waals surface area contributed by atoms with E-state index in [4.69, 9.17) is 0 Å². The van der Waals surface area contributed by atoms with Crippen LogP contribution in [0.5, 0.6) is 0 Å². The molecule has 0 saturated carbocycles. The van der Waals surface area contributed by atoms with Crippen LogP contribution in [0.2, 0.25) is 0 Å². The van der Waals surface area contributed by atoms with Gasteiger partial charge in [0.1, 0.15) is 0 Å². The number of nitrogens with zero attached hydrogens (tertiary/aromatic N) is 2. The van der Waals surface area contributed by atoms with Crippen molar-refractivity contribution in [1.29, 1.82) is 0 Å². The normalized spacial score (nSPS) is 22.8. The lowest BCUT2D eigenvalue weighted by atomic mass is 10.1. The van der Waals surface area contributed by atoms with Gasteiger partial charge in [-0.3, -0.25) is 9.69 Å². The van der Waals surface area contributed by atoms with Gasteiger partial charge < -0.3 is 0 Å². The van der Waals surface area contributed by atoms with E-state index >= 15 is 0 Å². The lowest BCUT2D eigenvalue weighted by Crippen LogP contribution is -2.32. The van der Waals surface area contributed by atoms with Gasteiger partial charge in [0, 0.05) is 0 Å². The lowest BCUT2D eigenvalue weighted by Gasteiger charge is -2.21. The molecule has 1 saturated heterocycles. The lowest BCUT2D eigenvalue weighted by molar-refractivity contribution is -0.126. The second-order valence-electron chi connectivity index (χ2n) is 3.96. The van der Waals surface area contributed by atoms with Crippen molar-refractivity contribution in [1.82, 2.24) is 4.90 Å². The molecule has 2 aliphatic heterocycles. The van der Waals surface area contributed by atoms with Crippen molar-refractivity contribution in [3.8, 4) is 0 Å². The molecular formula is C12H12N2OS. The maximum absolute atomic E-state index is 12.0. The number of benzene rings is 1. The van der Waals surface area contributed by atoms with E-state index in [0.29, 0.717) is 6.54 Å². The first kappa shape index (κ1) is 9.90. The molecule has 0 radical (unpaired) electrons. The van der Waals surface area contributed by atoms with E-state index in [0.717, 1.165) is 22.8 Å². The van der Waals surface area contributed by atoms with Crippen LogP contribution < -0.4 is 0 Å². The van der Waals surface area contributed by atoms with E-state index in [1.54, 1.807) is 16.7 Å². The number of amides is 1. The van der Waals surface area contributed by atoms with Crippen LogP contribution in [-0.4, -0.2) is 21.2 Å². The Kier molecular flexibility index (Phi) is 2.24. The van der Waals surface area contributed by atoms with Crippen LogP contribution in [0.25, 0.3) is 0 Å². The van der Waals surface area contributed by atoms with Crippen LogP contribution in [0.1, 0.15) is 18.9 Å². The van der Waals surface area contributed by atoms with Crippen LogP contribution in [-0.2, 0) is 11.3 Å². The molecule has 0 spiro atoms. The van der Waals surface area contributed by atoms with Gasteiger partial charge in [-0.15, -0.1) is 0 Å². The van der Waals surface area contributed by atoms with Crippen molar-refractivity contribution in [2.45, 2.75) is 25.1 Å². The Balaban J connectivity index is 2.01. The van der Waals surface area contributed by atoms with Crippen molar-refractivity contribution in [3.63, 3.8) is 0 Å². The third kappa shape index (κ3) is 1.37. The summed E-state index contributed by atoms with van der Waals surface area (Å²) < 4.78 is 0. The molecule has 3 nitrogen and oxygen atoms in total. The zero-order chi connectivity index (χ0) is 11.1. The first-order valence-corrected chi connectivity index (χ1v) is 6.32. The number of fused-ring (bicyclic) bond motifs is 2. The minimum atomic E-state index is 0.0630. The number of aliphatic imine (C=N–C) groups is 1. The molecule has 0 bridgehead atoms. The van der Waals surface area contributed by atoms with E-state index < -0.39 is 0 Å². The highest BCUT2D eigenvalue weighted by molar-refractivity contribution is 8.15. The Morgan fingerprint density at radius 2 is 2.31 bits per heavy atom. The molecule has 82 valence electrons. The van der Waals surface area contributed by atoms with Gasteiger partial charge in [0.2, 0.25) is 5.91 Å². The summed E-state index contributed by atoms with van der Waals surface area (Å²) in [5.41, 5.74) is 2.14. The van der Waals surface area contributed by atoms with Crippen LogP contribution in [0.15, 0.2) is 29.3 Å². The van der Waals surface area contributed by atoms with Crippen LogP contribution in [0.4, 0.5) is 5.69 Å². The Hall–Kier alpha value is -1.29. The SMILES string of the molecule is CCC1SC2=Nc3ccccc3CN2C1=O. The summed E-state index contributed by atoms with van der Waals surface area (Å²) in [7, 11) is 0. The maximum Gasteiger partial charge on any atom is 0.242 e. The Morgan fingerprint density at radius 1 is 1.50 bits per heavy atom. The molecule has 1 fully saturated rings. The quantitative estimate of drug-likeness (QED) is 0.745. The van der Waals surface area contributed by atoms with Gasteiger partial charge in [-0.05, 0) is 18.1 Å². The Bertz CT molecular complexity index is 484. The smallest absolute Gasteiger partial charge is 0.242 e. The molecule has 2 heterocycles. The van der Waals surface area contributed by atoms with Crippen molar-refractivity contribution < 1.29 is 4.79 Å². The summed E-state index contributed by atoms with van der Waals surface area (Å²) >= 11 is 1.59. The zero-order valence-corrected chi connectivity index (χ0v) is 9.83. The molecule has 3 rings (SSSR count). The second-order valence-corrected chi connectivity index (χ2v) is 5.13. The highest BCUT2D eigenvalue weighted by atomic mass is 32.2. The molecule has 0 aliphatic carbocycles. The monoisotopic (exact) mass is 232 g/mol. The van der Waals surface area contributed by atoms with Gasteiger partial charge in [0.15, 0.2) is 5.17 Å². The third-order valence-electron chi connectivity index (χ3n) is 2.93. The number of carbonyl (C=O) groups excluding carboxylic acids is 1. The van der Waals surface area contributed by atoms with E-state index in [-0.39, 0.29) is 11.2 Å². The van der Waals surface area contributed by atoms with Gasteiger partial charge >= 0.3 is 0 Å². The summed E-state index contributed by atoms with van der Waals surface area (Å²) in [6.07, 6.45) is 0.870. The van der Waals surface area contributed by atoms with Crippen LogP contribution in [0, 0.1) is 0 Å². The number of thioether (sulfide) groups is 1. The number of amidine groups is 1. The molecule has 2 aliphatic rings. The molecular weight excluding hydrogens is 220 g/mol. The van der Waals surface area contributed by atoms with Crippen molar-refractivity contribution >= 4 is 28.5 Å². The van der Waals surface area contributed by atoms with Crippen LogP contribution >= 0.6 is 11.8 Å². The first-order chi connectivity index (χ1) is 7.79. The molecule has 16 heavy (non-hydrogen) atoms. The molecule has 0 aromatic heterocycles. The Labute approximate surface area is 98.5 Å². The van der Waals surface area contributed by atoms with Gasteiger partial charge in [-0.25, -0.2) is 4.99 Å². The summed E-state index contributed by atoms with van der Waals surface area (Å²) in [6, 6.07) is 8.01. The second kappa shape index (κ2) is 3.63. The molecule has 1 aromatic carbocycles. The summed E-state index contributed by atoms with van der Waals surface area (Å²) in [6.45, 7) is 2.72. The molecule has 1 unspecified atom stereocenters. The first-order valence-electron chi connectivity index (χ1n) is 5.44. The molecule has 4 heteroatoms. The van der Waals surface area contributed by atoms with E-state index in [2.05, 4.69) is 4.99 Å². The minimum absolute atomic E-state index is 0.0630. The average molecular weight is 232 g/mol. The van der Waals surface area contributed by atoms with Gasteiger partial charge in [0.05, 0.1) is 17.5 Å². The topological polar surface area (TPSA) is 32.7 Å². The Morgan fingerprint density at radius 3 is 3.12 bits per heavy atom. The fraction of sp³-hybridized carbons (Fsp3) is 0.333. The van der Waals surface area contributed by atoms with Gasteiger partial charge in [0.25, 0.3) is 0 Å². The van der Waals surface area contributed by atoms with Crippen molar-refractivity contribution in [2.24, 2.45) is 4.99 Å². The largest absolute Gasteiger partial charge is 0.286 e. The minimum Gasteiger partial charge on any atom is -0.286 e. The van der Waals surface area contributed by atoms with Crippen molar-refractivity contribution in [3.05, 3.63) is 29.8 Å². The molecule has 1 aromatic rings. The van der Waals surface area contributed by atoms with E-state index in [1.165, 1.54) is 0 Å². The number of hydrogen-bond acceptors (Lipinski definition) is 3. The fourth-order valence-electron chi connectivity index (χ4n) is 2.03. The number of carbonyl (C=O) groups is 1. The van der Waals surface area contributed by atoms with Crippen molar-refractivity contribution in [2.75, 3.05) is 0 Å². The van der Waals surface area contributed by atoms with Gasteiger partial charge in [-0.2, -0.15) is 0 Å². The highest BCUT2D eigenvalue weighted by Crippen LogP contribution is 2.37. The number of hydrogen-bond donors (Lipinski definition) is 0. The number of para-hydroxylation sites is 1. The molecule has 1 atom stereocenters. The predicted octanol–water partition coefficient (Wildman–Crippen LogP) is 2.54. The van der Waals surface area contributed by atoms with Crippen LogP contribution in [0.3, 0.4) is 0 Å². The standard InChI is InChI=1S/C12H12N2OS/c1-2-10-11(15)14-7-8-5-3-4-6-9(8)13-12(14)16-10/h3-6,10H,2,7H2,1H3.